The van der Waals surface area contributed by atoms with E-state index in [2.05, 4.69) is 36.1 Å². The first-order valence-electron chi connectivity index (χ1n) is 2.06. The maximum Gasteiger partial charge on any atom is 0.177 e. The SMILES string of the molecule is I.I.NNC(N)=S.NNC(N)=S. The van der Waals surface area contributed by atoms with E-state index in [0.717, 1.165) is 0 Å². The van der Waals surface area contributed by atoms with Crippen LogP contribution in [0.5, 0.6) is 0 Å². The standard InChI is InChI=1S/2CH5N3S.2HI/c2*2-1(5)4-3;;/h2*3H2,(H3,2,4,5);2*1H. The molecular formula is C2H12I2N6S2. The van der Waals surface area contributed by atoms with Crippen LogP contribution in [0.4, 0.5) is 0 Å². The van der Waals surface area contributed by atoms with Crippen molar-refractivity contribution in [2.75, 3.05) is 0 Å². The van der Waals surface area contributed by atoms with Crippen molar-refractivity contribution in [3.8, 4) is 0 Å². The predicted octanol–water partition coefficient (Wildman–Crippen LogP) is -1.38. The summed E-state index contributed by atoms with van der Waals surface area (Å²) in [6.07, 6.45) is 0. The molecule has 0 aliphatic heterocycles. The van der Waals surface area contributed by atoms with Crippen molar-refractivity contribution < 1.29 is 0 Å². The number of halogens is 2. The molecule has 76 valence electrons. The summed E-state index contributed by atoms with van der Waals surface area (Å²) in [7, 11) is 0. The number of thiocarbonyl (C=S) groups is 2. The van der Waals surface area contributed by atoms with E-state index in [1.165, 1.54) is 0 Å². The first kappa shape index (κ1) is 23.0. The third-order valence-electron chi connectivity index (χ3n) is 0.285. The molecule has 0 aromatic rings. The van der Waals surface area contributed by atoms with Crippen molar-refractivity contribution in [1.29, 1.82) is 0 Å². The zero-order valence-electron chi connectivity index (χ0n) is 5.94. The molecule has 0 fully saturated rings. The highest BCUT2D eigenvalue weighted by molar-refractivity contribution is 14.0. The molecule has 0 radical (unpaired) electrons. The summed E-state index contributed by atoms with van der Waals surface area (Å²) in [5.74, 6) is 9.31. The average Bonchev–Trinajstić information content (AvgIpc) is 1.89. The van der Waals surface area contributed by atoms with Gasteiger partial charge in [-0.25, -0.2) is 11.7 Å². The Morgan fingerprint density at radius 1 is 0.833 bits per heavy atom. The van der Waals surface area contributed by atoms with Gasteiger partial charge in [0.25, 0.3) is 0 Å². The lowest BCUT2D eigenvalue weighted by Gasteiger charge is -1.85. The second-order valence-corrected chi connectivity index (χ2v) is 1.90. The van der Waals surface area contributed by atoms with Crippen molar-refractivity contribution in [3.05, 3.63) is 0 Å². The van der Waals surface area contributed by atoms with E-state index in [9.17, 15) is 0 Å². The van der Waals surface area contributed by atoms with Crippen molar-refractivity contribution in [2.24, 2.45) is 23.2 Å². The van der Waals surface area contributed by atoms with Crippen LogP contribution in [0.1, 0.15) is 0 Å². The summed E-state index contributed by atoms with van der Waals surface area (Å²) >= 11 is 8.48. The molecule has 10 N–H and O–H groups in total. The quantitative estimate of drug-likeness (QED) is 0.118. The fraction of sp³-hybridized carbons (Fsp3) is 0. The van der Waals surface area contributed by atoms with Gasteiger partial charge in [0, 0.05) is 0 Å². The molecule has 0 aromatic carbocycles. The molecule has 6 nitrogen and oxygen atoms in total. The summed E-state index contributed by atoms with van der Waals surface area (Å²) in [4.78, 5) is 0. The highest BCUT2D eigenvalue weighted by Crippen LogP contribution is 1.40. The van der Waals surface area contributed by atoms with E-state index >= 15 is 0 Å². The van der Waals surface area contributed by atoms with Gasteiger partial charge < -0.3 is 22.3 Å². The molecule has 0 amide bonds. The molecule has 0 rings (SSSR count). The lowest BCUT2D eigenvalue weighted by molar-refractivity contribution is 1.03. The third-order valence-corrected chi connectivity index (χ3v) is 0.520. The van der Waals surface area contributed by atoms with Gasteiger partial charge in [-0.15, -0.1) is 48.0 Å². The number of nitrogens with one attached hydrogen (secondary N) is 2. The van der Waals surface area contributed by atoms with Crippen LogP contribution in [-0.2, 0) is 0 Å². The van der Waals surface area contributed by atoms with E-state index in [1.54, 1.807) is 0 Å². The maximum absolute atomic E-state index is 4.79. The van der Waals surface area contributed by atoms with Gasteiger partial charge in [0.2, 0.25) is 0 Å². The molecule has 0 spiro atoms. The van der Waals surface area contributed by atoms with Crippen LogP contribution >= 0.6 is 72.4 Å². The molecule has 0 saturated carbocycles. The van der Waals surface area contributed by atoms with Crippen LogP contribution < -0.4 is 34.0 Å². The van der Waals surface area contributed by atoms with Crippen LogP contribution in [0.2, 0.25) is 0 Å². The third kappa shape index (κ3) is 45.2. The van der Waals surface area contributed by atoms with Gasteiger partial charge in [0.05, 0.1) is 0 Å². The van der Waals surface area contributed by atoms with E-state index in [-0.39, 0.29) is 58.2 Å². The molecule has 0 atom stereocenters. The summed E-state index contributed by atoms with van der Waals surface area (Å²) in [5, 5.41) is 0.231. The van der Waals surface area contributed by atoms with Gasteiger partial charge in [-0.05, 0) is 24.4 Å². The fourth-order valence-corrected chi connectivity index (χ4v) is 0. The highest BCUT2D eigenvalue weighted by Gasteiger charge is 1.67. The van der Waals surface area contributed by atoms with Gasteiger partial charge >= 0.3 is 0 Å². The van der Waals surface area contributed by atoms with E-state index in [1.807, 2.05) is 10.9 Å². The minimum Gasteiger partial charge on any atom is -0.375 e. The number of hydrogen-bond donors (Lipinski definition) is 6. The largest absolute Gasteiger partial charge is 0.375 e. The lowest BCUT2D eigenvalue weighted by atomic mass is 11.2. The van der Waals surface area contributed by atoms with Gasteiger partial charge in [0.1, 0.15) is 0 Å². The first-order valence-corrected chi connectivity index (χ1v) is 2.88. The molecule has 0 aliphatic rings. The van der Waals surface area contributed by atoms with Crippen LogP contribution in [0.15, 0.2) is 0 Å². The summed E-state index contributed by atoms with van der Waals surface area (Å²) in [5.41, 5.74) is 13.6. The van der Waals surface area contributed by atoms with Gasteiger partial charge in [-0.2, -0.15) is 0 Å². The van der Waals surface area contributed by atoms with E-state index in [4.69, 9.17) is 11.5 Å². The lowest BCUT2D eigenvalue weighted by Crippen LogP contribution is -2.34. The number of nitrogens with two attached hydrogens (primary N) is 4. The van der Waals surface area contributed by atoms with Crippen LogP contribution in [0.3, 0.4) is 0 Å². The Hall–Kier alpha value is 0.760. The normalized spacial score (nSPS) is 5.50. The zero-order chi connectivity index (χ0) is 8.57. The molecule has 10 heteroatoms. The van der Waals surface area contributed by atoms with Gasteiger partial charge in [-0.1, -0.05) is 0 Å². The molecule has 0 bridgehead atoms. The second kappa shape index (κ2) is 17.7. The van der Waals surface area contributed by atoms with Gasteiger partial charge in [0.15, 0.2) is 10.2 Å². The highest BCUT2D eigenvalue weighted by atomic mass is 127. The Bertz CT molecular complexity index is 106. The monoisotopic (exact) mass is 438 g/mol. The summed E-state index contributed by atoms with van der Waals surface area (Å²) < 4.78 is 0. The van der Waals surface area contributed by atoms with Crippen molar-refractivity contribution in [1.82, 2.24) is 10.9 Å². The van der Waals surface area contributed by atoms with Gasteiger partial charge in [-0.3, -0.25) is 0 Å². The van der Waals surface area contributed by atoms with Crippen molar-refractivity contribution in [2.45, 2.75) is 0 Å². The second-order valence-electron chi connectivity index (χ2n) is 1.02. The Kier molecular flexibility index (Phi) is 34.0. The van der Waals surface area contributed by atoms with Crippen molar-refractivity contribution in [3.63, 3.8) is 0 Å². The average molecular weight is 438 g/mol. The summed E-state index contributed by atoms with van der Waals surface area (Å²) in [6.45, 7) is 0. The van der Waals surface area contributed by atoms with Crippen LogP contribution in [0, 0.1) is 0 Å². The number of hydrogen-bond acceptors (Lipinski definition) is 4. The first-order chi connectivity index (χ1) is 4.54. The topological polar surface area (TPSA) is 128 Å². The minimum atomic E-state index is 0. The molecular weight excluding hydrogens is 426 g/mol. The van der Waals surface area contributed by atoms with Crippen molar-refractivity contribution >= 4 is 82.6 Å². The maximum atomic E-state index is 4.79. The fourth-order valence-electron chi connectivity index (χ4n) is 0. The molecule has 0 unspecified atom stereocenters. The molecule has 0 aromatic heterocycles. The Morgan fingerprint density at radius 3 is 0.917 bits per heavy atom. The molecule has 0 aliphatic carbocycles. The van der Waals surface area contributed by atoms with Crippen LogP contribution in [0.25, 0.3) is 0 Å². The Labute approximate surface area is 116 Å². The molecule has 0 heterocycles. The number of rotatable bonds is 0. The van der Waals surface area contributed by atoms with Crippen LogP contribution in [-0.4, -0.2) is 10.2 Å². The van der Waals surface area contributed by atoms with E-state index < -0.39 is 0 Å². The Morgan fingerprint density at radius 2 is 0.917 bits per heavy atom. The molecule has 0 saturated heterocycles. The molecule has 12 heavy (non-hydrogen) atoms. The number of hydrazine groups is 2. The predicted molar refractivity (Wildman–Crippen MR) is 79.0 cm³/mol. The Balaban J connectivity index is -0.0000000457. The zero-order valence-corrected chi connectivity index (χ0v) is 12.2. The summed E-state index contributed by atoms with van der Waals surface area (Å²) in [6, 6.07) is 0. The minimum absolute atomic E-state index is 0. The van der Waals surface area contributed by atoms with E-state index in [0.29, 0.717) is 0 Å². The smallest absolute Gasteiger partial charge is 0.177 e.